The van der Waals surface area contributed by atoms with E-state index in [4.69, 9.17) is 16.3 Å². The highest BCUT2D eigenvalue weighted by molar-refractivity contribution is 6.32. The van der Waals surface area contributed by atoms with Crippen molar-refractivity contribution in [2.24, 2.45) is 0 Å². The number of pyridine rings is 1. The lowest BCUT2D eigenvalue weighted by Crippen LogP contribution is -2.24. The van der Waals surface area contributed by atoms with E-state index in [-0.39, 0.29) is 11.6 Å². The zero-order chi connectivity index (χ0) is 21.6. The summed E-state index contributed by atoms with van der Waals surface area (Å²) in [7, 11) is 0. The van der Waals surface area contributed by atoms with E-state index in [9.17, 15) is 4.79 Å². The lowest BCUT2D eigenvalue weighted by atomic mass is 10.1. The van der Waals surface area contributed by atoms with Gasteiger partial charge in [-0.15, -0.1) is 5.10 Å². The standard InChI is InChI=1S/C23H20ClN5O2/c1-2-31-18-9-7-16(8-10-18)15-26-23(30)21-22(17-11-13-25-14-12-17)29(28-27-21)20-6-4-3-5-19(20)24/h3-14H,2,15H2,1H3,(H,26,30). The number of hydrogen-bond acceptors (Lipinski definition) is 5. The molecule has 2 heterocycles. The van der Waals surface area contributed by atoms with E-state index in [2.05, 4.69) is 20.6 Å². The van der Waals surface area contributed by atoms with Crippen LogP contribution in [0.4, 0.5) is 0 Å². The van der Waals surface area contributed by atoms with Gasteiger partial charge in [0.25, 0.3) is 5.91 Å². The molecule has 0 bridgehead atoms. The molecule has 0 saturated heterocycles. The van der Waals surface area contributed by atoms with Crippen LogP contribution in [0.25, 0.3) is 16.9 Å². The maximum Gasteiger partial charge on any atom is 0.274 e. The van der Waals surface area contributed by atoms with Crippen molar-refractivity contribution in [3.63, 3.8) is 0 Å². The van der Waals surface area contributed by atoms with Gasteiger partial charge in [-0.05, 0) is 48.9 Å². The molecule has 0 atom stereocenters. The Morgan fingerprint density at radius 2 is 1.81 bits per heavy atom. The molecule has 0 unspecified atom stereocenters. The van der Waals surface area contributed by atoms with Crippen LogP contribution in [-0.4, -0.2) is 32.5 Å². The summed E-state index contributed by atoms with van der Waals surface area (Å²) in [4.78, 5) is 17.1. The second-order valence-corrected chi connectivity index (χ2v) is 7.05. The number of rotatable bonds is 7. The number of amides is 1. The molecule has 1 amide bonds. The van der Waals surface area contributed by atoms with E-state index in [0.29, 0.717) is 29.6 Å². The summed E-state index contributed by atoms with van der Waals surface area (Å²) in [6.45, 7) is 2.89. The minimum absolute atomic E-state index is 0.206. The van der Waals surface area contributed by atoms with Crippen LogP contribution in [0.1, 0.15) is 23.0 Å². The maximum absolute atomic E-state index is 13.0. The predicted molar refractivity (Wildman–Crippen MR) is 118 cm³/mol. The normalized spacial score (nSPS) is 10.6. The summed E-state index contributed by atoms with van der Waals surface area (Å²) in [6.07, 6.45) is 3.31. The smallest absolute Gasteiger partial charge is 0.274 e. The molecule has 0 aliphatic heterocycles. The average Bonchev–Trinajstić information content (AvgIpc) is 3.24. The van der Waals surface area contributed by atoms with E-state index in [1.54, 1.807) is 35.3 Å². The summed E-state index contributed by atoms with van der Waals surface area (Å²) in [5.74, 6) is 0.458. The number of carbonyl (C=O) groups excluding carboxylic acids is 1. The third-order valence-electron chi connectivity index (χ3n) is 4.61. The van der Waals surface area contributed by atoms with Gasteiger partial charge in [-0.25, -0.2) is 4.68 Å². The molecule has 1 N–H and O–H groups in total. The van der Waals surface area contributed by atoms with Gasteiger partial charge in [0, 0.05) is 24.5 Å². The summed E-state index contributed by atoms with van der Waals surface area (Å²) in [6, 6.07) is 18.5. The van der Waals surface area contributed by atoms with Crippen molar-refractivity contribution in [2.75, 3.05) is 6.61 Å². The molecule has 4 aromatic rings. The largest absolute Gasteiger partial charge is 0.494 e. The van der Waals surface area contributed by atoms with Crippen molar-refractivity contribution in [2.45, 2.75) is 13.5 Å². The Bertz CT molecular complexity index is 1180. The van der Waals surface area contributed by atoms with Crippen LogP contribution in [0.5, 0.6) is 5.75 Å². The van der Waals surface area contributed by atoms with Gasteiger partial charge in [-0.2, -0.15) is 0 Å². The predicted octanol–water partition coefficient (Wildman–Crippen LogP) is 4.31. The molecule has 0 aliphatic carbocycles. The number of benzene rings is 2. The Morgan fingerprint density at radius 3 is 2.52 bits per heavy atom. The van der Waals surface area contributed by atoms with E-state index in [0.717, 1.165) is 16.9 Å². The Balaban J connectivity index is 1.63. The number of ether oxygens (including phenoxy) is 1. The van der Waals surface area contributed by atoms with E-state index >= 15 is 0 Å². The lowest BCUT2D eigenvalue weighted by molar-refractivity contribution is 0.0946. The van der Waals surface area contributed by atoms with Gasteiger partial charge in [0.2, 0.25) is 0 Å². The number of nitrogens with zero attached hydrogens (tertiary/aromatic N) is 4. The topological polar surface area (TPSA) is 81.9 Å². The van der Waals surface area contributed by atoms with Crippen LogP contribution in [0.3, 0.4) is 0 Å². The van der Waals surface area contributed by atoms with Crippen LogP contribution in [0.15, 0.2) is 73.1 Å². The van der Waals surface area contributed by atoms with Crippen molar-refractivity contribution in [1.29, 1.82) is 0 Å². The van der Waals surface area contributed by atoms with Crippen LogP contribution in [0.2, 0.25) is 5.02 Å². The Kier molecular flexibility index (Phi) is 6.24. The van der Waals surface area contributed by atoms with Gasteiger partial charge in [0.15, 0.2) is 5.69 Å². The molecule has 0 fully saturated rings. The summed E-state index contributed by atoms with van der Waals surface area (Å²) in [5.41, 5.74) is 3.08. The number of nitrogens with one attached hydrogen (secondary N) is 1. The molecule has 4 rings (SSSR count). The molecule has 0 saturated carbocycles. The van der Waals surface area contributed by atoms with Crippen molar-refractivity contribution in [3.05, 3.63) is 89.3 Å². The van der Waals surface area contributed by atoms with E-state index in [1.807, 2.05) is 49.4 Å². The molecular formula is C23H20ClN5O2. The number of halogens is 1. The number of para-hydroxylation sites is 1. The van der Waals surface area contributed by atoms with Gasteiger partial charge < -0.3 is 10.1 Å². The SMILES string of the molecule is CCOc1ccc(CNC(=O)c2nnn(-c3ccccc3Cl)c2-c2ccncc2)cc1. The van der Waals surface area contributed by atoms with Gasteiger partial charge in [-0.3, -0.25) is 9.78 Å². The van der Waals surface area contributed by atoms with E-state index < -0.39 is 0 Å². The third kappa shape index (κ3) is 4.57. The van der Waals surface area contributed by atoms with Gasteiger partial charge in [0.1, 0.15) is 11.4 Å². The third-order valence-corrected chi connectivity index (χ3v) is 4.93. The second kappa shape index (κ2) is 9.40. The monoisotopic (exact) mass is 433 g/mol. The molecule has 0 spiro atoms. The van der Waals surface area contributed by atoms with Gasteiger partial charge in [-0.1, -0.05) is 41.1 Å². The average molecular weight is 434 g/mol. The summed E-state index contributed by atoms with van der Waals surface area (Å²) < 4.78 is 7.02. The quantitative estimate of drug-likeness (QED) is 0.469. The lowest BCUT2D eigenvalue weighted by Gasteiger charge is -2.10. The van der Waals surface area contributed by atoms with Crippen molar-refractivity contribution >= 4 is 17.5 Å². The first-order valence-electron chi connectivity index (χ1n) is 9.78. The number of hydrogen-bond donors (Lipinski definition) is 1. The Morgan fingerprint density at radius 1 is 1.06 bits per heavy atom. The highest BCUT2D eigenvalue weighted by atomic mass is 35.5. The molecule has 0 radical (unpaired) electrons. The fourth-order valence-corrected chi connectivity index (χ4v) is 3.35. The fraction of sp³-hybridized carbons (Fsp3) is 0.130. The molecule has 2 aromatic heterocycles. The van der Waals surface area contributed by atoms with E-state index in [1.165, 1.54) is 0 Å². The maximum atomic E-state index is 13.0. The summed E-state index contributed by atoms with van der Waals surface area (Å²) in [5, 5.41) is 11.8. The number of aromatic nitrogens is 4. The zero-order valence-electron chi connectivity index (χ0n) is 16.8. The molecule has 156 valence electrons. The minimum atomic E-state index is -0.334. The first-order valence-corrected chi connectivity index (χ1v) is 10.2. The number of carbonyl (C=O) groups is 1. The second-order valence-electron chi connectivity index (χ2n) is 6.65. The minimum Gasteiger partial charge on any atom is -0.494 e. The molecule has 0 aliphatic rings. The first-order chi connectivity index (χ1) is 15.2. The fourth-order valence-electron chi connectivity index (χ4n) is 3.13. The molecule has 2 aromatic carbocycles. The molecule has 31 heavy (non-hydrogen) atoms. The van der Waals surface area contributed by atoms with Crippen molar-refractivity contribution < 1.29 is 9.53 Å². The summed E-state index contributed by atoms with van der Waals surface area (Å²) >= 11 is 6.37. The molecule has 8 heteroatoms. The first kappa shape index (κ1) is 20.6. The van der Waals surface area contributed by atoms with Gasteiger partial charge in [0.05, 0.1) is 17.3 Å². The zero-order valence-corrected chi connectivity index (χ0v) is 17.6. The Labute approximate surface area is 184 Å². The van der Waals surface area contributed by atoms with Crippen LogP contribution in [-0.2, 0) is 6.54 Å². The highest BCUT2D eigenvalue weighted by Gasteiger charge is 2.23. The van der Waals surface area contributed by atoms with Crippen LogP contribution < -0.4 is 10.1 Å². The van der Waals surface area contributed by atoms with Crippen LogP contribution in [0, 0.1) is 0 Å². The highest BCUT2D eigenvalue weighted by Crippen LogP contribution is 2.28. The Hall–Kier alpha value is -3.71. The molecular weight excluding hydrogens is 414 g/mol. The molecule has 7 nitrogen and oxygen atoms in total. The van der Waals surface area contributed by atoms with Crippen LogP contribution >= 0.6 is 11.6 Å². The van der Waals surface area contributed by atoms with Gasteiger partial charge >= 0.3 is 0 Å². The van der Waals surface area contributed by atoms with Crippen molar-refractivity contribution in [3.8, 4) is 22.7 Å². The van der Waals surface area contributed by atoms with Crippen molar-refractivity contribution in [1.82, 2.24) is 25.3 Å².